The molecule has 3 aromatic rings. The minimum absolute atomic E-state index is 0.193. The van der Waals surface area contributed by atoms with Crippen molar-refractivity contribution < 1.29 is 9.15 Å². The maximum Gasteiger partial charge on any atom is 0.339 e. The van der Waals surface area contributed by atoms with Gasteiger partial charge in [-0.05, 0) is 68.0 Å². The first-order chi connectivity index (χ1) is 13.1. The number of nitrogens with zero attached hydrogens (tertiary/aromatic N) is 1. The van der Waals surface area contributed by atoms with Gasteiger partial charge in [-0.25, -0.2) is 4.79 Å². The van der Waals surface area contributed by atoms with E-state index in [2.05, 4.69) is 4.90 Å². The Bertz CT molecular complexity index is 1120. The maximum atomic E-state index is 12.6. The molecule has 0 spiro atoms. The first-order valence-electron chi connectivity index (χ1n) is 9.36. The molecule has 0 fully saturated rings. The SMILES string of the molecule is Cc1ccc(N2COc3ccc4c5c(c(=O)oc4c3C2)CCCC5)cc1Cl. The predicted molar refractivity (Wildman–Crippen MR) is 107 cm³/mol. The summed E-state index contributed by atoms with van der Waals surface area (Å²) < 4.78 is 11.8. The average molecular weight is 382 g/mol. The van der Waals surface area contributed by atoms with E-state index in [4.69, 9.17) is 20.8 Å². The number of rotatable bonds is 1. The Kier molecular flexibility index (Phi) is 3.90. The van der Waals surface area contributed by atoms with Crippen LogP contribution in [0.1, 0.15) is 35.1 Å². The number of anilines is 1. The molecule has 27 heavy (non-hydrogen) atoms. The monoisotopic (exact) mass is 381 g/mol. The number of halogens is 1. The molecule has 2 aromatic carbocycles. The highest BCUT2D eigenvalue weighted by molar-refractivity contribution is 6.31. The molecule has 1 aliphatic carbocycles. The van der Waals surface area contributed by atoms with Crippen LogP contribution in [-0.4, -0.2) is 6.73 Å². The molecule has 0 unspecified atom stereocenters. The fourth-order valence-electron chi connectivity index (χ4n) is 4.16. The highest BCUT2D eigenvalue weighted by Gasteiger charge is 2.25. The zero-order valence-electron chi connectivity index (χ0n) is 15.2. The van der Waals surface area contributed by atoms with Crippen molar-refractivity contribution in [3.05, 3.63) is 68.0 Å². The van der Waals surface area contributed by atoms with Crippen molar-refractivity contribution in [3.63, 3.8) is 0 Å². The van der Waals surface area contributed by atoms with Crippen LogP contribution < -0.4 is 15.3 Å². The van der Waals surface area contributed by atoms with Crippen molar-refractivity contribution in [2.24, 2.45) is 0 Å². The van der Waals surface area contributed by atoms with Crippen LogP contribution in [0.4, 0.5) is 5.69 Å². The molecule has 138 valence electrons. The number of hydrogen-bond acceptors (Lipinski definition) is 4. The van der Waals surface area contributed by atoms with E-state index >= 15 is 0 Å². The molecular weight excluding hydrogens is 362 g/mol. The third-order valence-corrected chi connectivity index (χ3v) is 6.10. The van der Waals surface area contributed by atoms with Gasteiger partial charge in [-0.15, -0.1) is 0 Å². The van der Waals surface area contributed by atoms with E-state index < -0.39 is 0 Å². The van der Waals surface area contributed by atoms with Crippen molar-refractivity contribution in [2.75, 3.05) is 11.6 Å². The molecule has 1 aliphatic heterocycles. The zero-order chi connectivity index (χ0) is 18.5. The molecule has 1 aromatic heterocycles. The van der Waals surface area contributed by atoms with Gasteiger partial charge in [-0.3, -0.25) is 0 Å². The van der Waals surface area contributed by atoms with Crippen LogP contribution in [0.3, 0.4) is 0 Å². The lowest BCUT2D eigenvalue weighted by Gasteiger charge is -2.31. The average Bonchev–Trinajstić information content (AvgIpc) is 2.70. The Morgan fingerprint density at radius 2 is 1.85 bits per heavy atom. The fraction of sp³-hybridized carbons (Fsp3) is 0.318. The minimum Gasteiger partial charge on any atom is -0.473 e. The van der Waals surface area contributed by atoms with Gasteiger partial charge in [0.25, 0.3) is 0 Å². The molecule has 2 aliphatic rings. The van der Waals surface area contributed by atoms with Crippen LogP contribution in [0.25, 0.3) is 11.0 Å². The van der Waals surface area contributed by atoms with E-state index in [0.29, 0.717) is 18.9 Å². The Morgan fingerprint density at radius 3 is 2.67 bits per heavy atom. The lowest BCUT2D eigenvalue weighted by Crippen LogP contribution is -2.32. The Hall–Kier alpha value is -2.46. The quantitative estimate of drug-likeness (QED) is 0.557. The molecule has 2 heterocycles. The van der Waals surface area contributed by atoms with Gasteiger partial charge < -0.3 is 14.1 Å². The molecule has 0 N–H and O–H groups in total. The van der Waals surface area contributed by atoms with Gasteiger partial charge in [-0.2, -0.15) is 0 Å². The first kappa shape index (κ1) is 16.7. The van der Waals surface area contributed by atoms with Crippen LogP contribution >= 0.6 is 11.6 Å². The third kappa shape index (κ3) is 2.71. The van der Waals surface area contributed by atoms with Gasteiger partial charge >= 0.3 is 5.63 Å². The van der Waals surface area contributed by atoms with E-state index in [1.807, 2.05) is 37.3 Å². The van der Waals surface area contributed by atoms with Gasteiger partial charge in [0.1, 0.15) is 11.3 Å². The summed E-state index contributed by atoms with van der Waals surface area (Å²) in [5.41, 5.74) is 5.46. The maximum absolute atomic E-state index is 12.6. The molecule has 0 saturated heterocycles. The number of hydrogen-bond donors (Lipinski definition) is 0. The molecule has 0 radical (unpaired) electrons. The first-order valence-corrected chi connectivity index (χ1v) is 9.74. The largest absolute Gasteiger partial charge is 0.473 e. The summed E-state index contributed by atoms with van der Waals surface area (Å²) in [6, 6.07) is 10.0. The summed E-state index contributed by atoms with van der Waals surface area (Å²) in [4.78, 5) is 14.7. The summed E-state index contributed by atoms with van der Waals surface area (Å²) in [5, 5.41) is 1.78. The molecular formula is C22H20ClNO3. The zero-order valence-corrected chi connectivity index (χ0v) is 15.9. The van der Waals surface area contributed by atoms with E-state index in [0.717, 1.165) is 69.8 Å². The van der Waals surface area contributed by atoms with Crippen LogP contribution in [0.5, 0.6) is 5.75 Å². The van der Waals surface area contributed by atoms with E-state index in [9.17, 15) is 4.79 Å². The summed E-state index contributed by atoms with van der Waals surface area (Å²) in [6.45, 7) is 3.04. The second-order valence-corrected chi connectivity index (χ2v) is 7.78. The van der Waals surface area contributed by atoms with E-state index in [1.54, 1.807) is 0 Å². The Balaban J connectivity index is 1.63. The summed E-state index contributed by atoms with van der Waals surface area (Å²) in [5.74, 6) is 0.788. The Morgan fingerprint density at radius 1 is 1.04 bits per heavy atom. The number of aryl methyl sites for hydroxylation is 2. The van der Waals surface area contributed by atoms with E-state index in [1.165, 1.54) is 0 Å². The summed E-state index contributed by atoms with van der Waals surface area (Å²) >= 11 is 6.30. The van der Waals surface area contributed by atoms with Crippen molar-refractivity contribution in [2.45, 2.75) is 39.2 Å². The molecule has 0 bridgehead atoms. The molecule has 5 rings (SSSR count). The molecule has 0 amide bonds. The second-order valence-electron chi connectivity index (χ2n) is 7.38. The predicted octanol–water partition coefficient (Wildman–Crippen LogP) is 4.99. The van der Waals surface area contributed by atoms with Gasteiger partial charge in [0.15, 0.2) is 6.73 Å². The lowest BCUT2D eigenvalue weighted by molar-refractivity contribution is 0.289. The third-order valence-electron chi connectivity index (χ3n) is 5.70. The number of ether oxygens (including phenoxy) is 1. The number of fused-ring (bicyclic) bond motifs is 5. The van der Waals surface area contributed by atoms with E-state index in [-0.39, 0.29) is 5.63 Å². The Labute approximate surface area is 162 Å². The van der Waals surface area contributed by atoms with Gasteiger partial charge in [0.2, 0.25) is 0 Å². The van der Waals surface area contributed by atoms with Crippen molar-refractivity contribution >= 4 is 28.3 Å². The van der Waals surface area contributed by atoms with Gasteiger partial charge in [-0.1, -0.05) is 17.7 Å². The van der Waals surface area contributed by atoms with Crippen molar-refractivity contribution in [3.8, 4) is 5.75 Å². The smallest absolute Gasteiger partial charge is 0.339 e. The topological polar surface area (TPSA) is 42.7 Å². The molecule has 0 saturated carbocycles. The second kappa shape index (κ2) is 6.31. The number of benzene rings is 2. The van der Waals surface area contributed by atoms with Crippen molar-refractivity contribution in [1.82, 2.24) is 0 Å². The normalized spacial score (nSPS) is 16.0. The van der Waals surface area contributed by atoms with Gasteiger partial charge in [0, 0.05) is 21.7 Å². The van der Waals surface area contributed by atoms with Crippen molar-refractivity contribution in [1.29, 1.82) is 0 Å². The standard InChI is InChI=1S/C22H20ClNO3/c1-13-6-7-14(10-19(13)23)24-11-18-20(26-12-24)9-8-16-15-4-2-3-5-17(15)22(25)27-21(16)18/h6-10H,2-5,11-12H2,1H3. The van der Waals surface area contributed by atoms with Crippen LogP contribution in [0.2, 0.25) is 5.02 Å². The van der Waals surface area contributed by atoms with Crippen LogP contribution in [0.15, 0.2) is 39.5 Å². The summed E-state index contributed by atoms with van der Waals surface area (Å²) in [6.07, 6.45) is 3.93. The fourth-order valence-corrected chi connectivity index (χ4v) is 4.33. The highest BCUT2D eigenvalue weighted by atomic mass is 35.5. The molecule has 0 atom stereocenters. The van der Waals surface area contributed by atoms with Crippen LogP contribution in [-0.2, 0) is 19.4 Å². The lowest BCUT2D eigenvalue weighted by atomic mass is 9.90. The highest BCUT2D eigenvalue weighted by Crippen LogP contribution is 2.37. The van der Waals surface area contributed by atoms with Gasteiger partial charge in [0.05, 0.1) is 12.1 Å². The summed E-state index contributed by atoms with van der Waals surface area (Å²) in [7, 11) is 0. The molecule has 5 heteroatoms. The molecule has 4 nitrogen and oxygen atoms in total. The minimum atomic E-state index is -0.193. The van der Waals surface area contributed by atoms with Crippen LogP contribution in [0, 0.1) is 6.92 Å².